The number of nitrogens with zero attached hydrogens (tertiary/aromatic N) is 3. The topological polar surface area (TPSA) is 42.7 Å². The highest BCUT2D eigenvalue weighted by Gasteiger charge is 2.03. The van der Waals surface area contributed by atoms with Crippen molar-refractivity contribution in [2.45, 2.75) is 33.4 Å². The van der Waals surface area contributed by atoms with E-state index in [4.69, 9.17) is 11.6 Å². The van der Waals surface area contributed by atoms with Gasteiger partial charge in [0.25, 0.3) is 0 Å². The number of halogens is 1. The highest BCUT2D eigenvalue weighted by molar-refractivity contribution is 6.30. The molecule has 0 fully saturated rings. The summed E-state index contributed by atoms with van der Waals surface area (Å²) in [4.78, 5) is 4.11. The molecule has 0 atom stereocenters. The van der Waals surface area contributed by atoms with Crippen molar-refractivity contribution in [3.63, 3.8) is 0 Å². The summed E-state index contributed by atoms with van der Waals surface area (Å²) in [6.45, 7) is 6.89. The van der Waals surface area contributed by atoms with Crippen LogP contribution in [0.5, 0.6) is 0 Å². The van der Waals surface area contributed by atoms with Crippen LogP contribution in [-0.2, 0) is 6.54 Å². The van der Waals surface area contributed by atoms with Gasteiger partial charge >= 0.3 is 0 Å². The number of aryl methyl sites for hydroxylation is 1. The molecule has 0 saturated heterocycles. The van der Waals surface area contributed by atoms with Gasteiger partial charge in [-0.15, -0.1) is 0 Å². The first-order valence-electron chi connectivity index (χ1n) is 5.95. The van der Waals surface area contributed by atoms with Gasteiger partial charge in [-0.2, -0.15) is 5.10 Å². The van der Waals surface area contributed by atoms with Crippen molar-refractivity contribution in [3.8, 4) is 0 Å². The molecule has 0 aromatic carbocycles. The van der Waals surface area contributed by atoms with Gasteiger partial charge in [0.05, 0.1) is 18.1 Å². The van der Waals surface area contributed by atoms with E-state index in [1.165, 1.54) is 0 Å². The Kier molecular flexibility index (Phi) is 3.87. The first kappa shape index (κ1) is 12.9. The van der Waals surface area contributed by atoms with Crippen LogP contribution in [0, 0.1) is 6.92 Å². The second kappa shape index (κ2) is 5.40. The van der Waals surface area contributed by atoms with E-state index in [1.54, 1.807) is 6.20 Å². The lowest BCUT2D eigenvalue weighted by Gasteiger charge is -2.06. The second-order valence-corrected chi connectivity index (χ2v) is 4.97. The van der Waals surface area contributed by atoms with Crippen molar-refractivity contribution >= 4 is 17.3 Å². The summed E-state index contributed by atoms with van der Waals surface area (Å²) in [6, 6.07) is 2.38. The van der Waals surface area contributed by atoms with Crippen molar-refractivity contribution in [1.82, 2.24) is 14.8 Å². The lowest BCUT2D eigenvalue weighted by atomic mass is 10.3. The van der Waals surface area contributed by atoms with Gasteiger partial charge in [-0.05, 0) is 32.4 Å². The molecule has 0 amide bonds. The van der Waals surface area contributed by atoms with Gasteiger partial charge in [0, 0.05) is 24.3 Å². The molecule has 2 aromatic heterocycles. The average Bonchev–Trinajstić information content (AvgIpc) is 2.79. The van der Waals surface area contributed by atoms with Crippen LogP contribution in [-0.4, -0.2) is 14.8 Å². The van der Waals surface area contributed by atoms with E-state index in [0.29, 0.717) is 11.2 Å². The molecule has 0 saturated carbocycles. The number of aromatic nitrogens is 3. The molecule has 0 radical (unpaired) electrons. The van der Waals surface area contributed by atoms with E-state index in [9.17, 15) is 0 Å². The normalized spacial score (nSPS) is 10.9. The minimum Gasteiger partial charge on any atom is -0.380 e. The molecule has 2 heterocycles. The fourth-order valence-electron chi connectivity index (χ4n) is 1.61. The molecule has 96 valence electrons. The van der Waals surface area contributed by atoms with Crippen LogP contribution < -0.4 is 5.32 Å². The van der Waals surface area contributed by atoms with Gasteiger partial charge in [0.2, 0.25) is 0 Å². The largest absolute Gasteiger partial charge is 0.380 e. The number of hydrogen-bond donors (Lipinski definition) is 1. The highest BCUT2D eigenvalue weighted by atomic mass is 35.5. The van der Waals surface area contributed by atoms with E-state index < -0.39 is 0 Å². The molecule has 0 unspecified atom stereocenters. The number of nitrogens with one attached hydrogen (secondary N) is 1. The summed E-state index contributed by atoms with van der Waals surface area (Å²) in [5, 5.41) is 8.16. The summed E-state index contributed by atoms with van der Waals surface area (Å²) >= 11 is 5.88. The fraction of sp³-hybridized carbons (Fsp3) is 0.385. The van der Waals surface area contributed by atoms with E-state index in [0.717, 1.165) is 23.4 Å². The number of rotatable bonds is 4. The number of anilines is 1. The third-order valence-corrected chi connectivity index (χ3v) is 3.09. The van der Waals surface area contributed by atoms with Gasteiger partial charge < -0.3 is 5.32 Å². The molecule has 0 bridgehead atoms. The summed E-state index contributed by atoms with van der Waals surface area (Å²) in [5.41, 5.74) is 3.09. The maximum absolute atomic E-state index is 5.88. The van der Waals surface area contributed by atoms with Gasteiger partial charge in [0.1, 0.15) is 5.15 Å². The molecule has 2 aromatic rings. The summed E-state index contributed by atoms with van der Waals surface area (Å²) in [7, 11) is 0. The maximum atomic E-state index is 5.88. The Bertz CT molecular complexity index is 534. The van der Waals surface area contributed by atoms with Crippen molar-refractivity contribution in [1.29, 1.82) is 0 Å². The SMILES string of the molecule is Cc1cc(NCc2cnn(C(C)C)c2)cnc1Cl. The molecular formula is C13H17ClN4. The predicted molar refractivity (Wildman–Crippen MR) is 73.9 cm³/mol. The Balaban J connectivity index is 2.00. The van der Waals surface area contributed by atoms with Crippen LogP contribution in [0.4, 0.5) is 5.69 Å². The first-order chi connectivity index (χ1) is 8.56. The van der Waals surface area contributed by atoms with Crippen LogP contribution in [0.1, 0.15) is 31.0 Å². The lowest BCUT2D eigenvalue weighted by Crippen LogP contribution is -2.01. The molecule has 0 aliphatic heterocycles. The second-order valence-electron chi connectivity index (χ2n) is 4.61. The molecule has 0 aliphatic rings. The zero-order valence-electron chi connectivity index (χ0n) is 10.8. The van der Waals surface area contributed by atoms with Crippen molar-refractivity contribution < 1.29 is 0 Å². The van der Waals surface area contributed by atoms with Crippen molar-refractivity contribution in [2.24, 2.45) is 0 Å². The van der Waals surface area contributed by atoms with Gasteiger partial charge in [-0.3, -0.25) is 4.68 Å². The predicted octanol–water partition coefficient (Wildman–Crippen LogP) is 3.43. The van der Waals surface area contributed by atoms with E-state index in [-0.39, 0.29) is 0 Å². The molecule has 0 spiro atoms. The van der Waals surface area contributed by atoms with Crippen LogP contribution in [0.3, 0.4) is 0 Å². The van der Waals surface area contributed by atoms with Crippen LogP contribution >= 0.6 is 11.6 Å². The summed E-state index contributed by atoms with van der Waals surface area (Å²) in [6.07, 6.45) is 5.67. The number of pyridine rings is 1. The van der Waals surface area contributed by atoms with E-state index in [2.05, 4.69) is 29.2 Å². The van der Waals surface area contributed by atoms with Crippen LogP contribution in [0.25, 0.3) is 0 Å². The molecule has 2 rings (SSSR count). The Hall–Kier alpha value is -1.55. The van der Waals surface area contributed by atoms with Crippen molar-refractivity contribution in [3.05, 3.63) is 40.9 Å². The summed E-state index contributed by atoms with van der Waals surface area (Å²) in [5.74, 6) is 0. The zero-order chi connectivity index (χ0) is 13.1. The zero-order valence-corrected chi connectivity index (χ0v) is 11.6. The van der Waals surface area contributed by atoms with Crippen LogP contribution in [0.2, 0.25) is 5.15 Å². The molecule has 18 heavy (non-hydrogen) atoms. The quantitative estimate of drug-likeness (QED) is 0.861. The monoisotopic (exact) mass is 264 g/mol. The van der Waals surface area contributed by atoms with Gasteiger partial charge in [-0.1, -0.05) is 11.6 Å². The molecule has 1 N–H and O–H groups in total. The van der Waals surface area contributed by atoms with Crippen molar-refractivity contribution in [2.75, 3.05) is 5.32 Å². The molecule has 4 nitrogen and oxygen atoms in total. The smallest absolute Gasteiger partial charge is 0.132 e. The Morgan fingerprint density at radius 3 is 2.78 bits per heavy atom. The Morgan fingerprint density at radius 1 is 1.39 bits per heavy atom. The minimum atomic E-state index is 0.387. The Labute approximate surface area is 112 Å². The Morgan fingerprint density at radius 2 is 2.17 bits per heavy atom. The van der Waals surface area contributed by atoms with E-state index >= 15 is 0 Å². The standard InChI is InChI=1S/C13H17ClN4/c1-9(2)18-8-11(6-17-18)5-15-12-4-10(3)13(14)16-7-12/h4,6-9,15H,5H2,1-3H3. The van der Waals surface area contributed by atoms with Gasteiger partial charge in [-0.25, -0.2) is 4.98 Å². The van der Waals surface area contributed by atoms with Gasteiger partial charge in [0.15, 0.2) is 0 Å². The maximum Gasteiger partial charge on any atom is 0.132 e. The fourth-order valence-corrected chi connectivity index (χ4v) is 1.71. The minimum absolute atomic E-state index is 0.387. The van der Waals surface area contributed by atoms with Crippen LogP contribution in [0.15, 0.2) is 24.7 Å². The average molecular weight is 265 g/mol. The third kappa shape index (κ3) is 3.01. The highest BCUT2D eigenvalue weighted by Crippen LogP contribution is 2.16. The molecular weight excluding hydrogens is 248 g/mol. The molecule has 0 aliphatic carbocycles. The van der Waals surface area contributed by atoms with E-state index in [1.807, 2.05) is 30.1 Å². The lowest BCUT2D eigenvalue weighted by molar-refractivity contribution is 0.532. The summed E-state index contributed by atoms with van der Waals surface area (Å²) < 4.78 is 1.95. The number of hydrogen-bond acceptors (Lipinski definition) is 3. The third-order valence-electron chi connectivity index (χ3n) is 2.70. The first-order valence-corrected chi connectivity index (χ1v) is 6.33. The molecule has 5 heteroatoms.